The number of rotatable bonds is 5. The van der Waals surface area contributed by atoms with Gasteiger partial charge in [-0.2, -0.15) is 0 Å². The van der Waals surface area contributed by atoms with E-state index in [9.17, 15) is 9.59 Å². The van der Waals surface area contributed by atoms with Gasteiger partial charge in [-0.1, -0.05) is 30.2 Å². The van der Waals surface area contributed by atoms with Crippen molar-refractivity contribution >= 4 is 23.5 Å². The van der Waals surface area contributed by atoms with Crippen LogP contribution in [0.2, 0.25) is 5.02 Å². The van der Waals surface area contributed by atoms with Crippen LogP contribution < -0.4 is 5.32 Å². The molecule has 2 rings (SSSR count). The van der Waals surface area contributed by atoms with Crippen molar-refractivity contribution in [2.24, 2.45) is 0 Å². The fraction of sp³-hybridized carbons (Fsp3) is 0.467. The first-order valence-electron chi connectivity index (χ1n) is 6.70. The second kappa shape index (κ2) is 6.27. The minimum absolute atomic E-state index is 0.0325. The molecule has 5 heteroatoms. The number of nitrogens with one attached hydrogen (secondary N) is 1. The van der Waals surface area contributed by atoms with E-state index < -0.39 is 5.41 Å². The van der Waals surface area contributed by atoms with Crippen molar-refractivity contribution in [1.82, 2.24) is 5.32 Å². The molecule has 1 aliphatic rings. The Morgan fingerprint density at radius 1 is 1.40 bits per heavy atom. The smallest absolute Gasteiger partial charge is 0.307 e. The van der Waals surface area contributed by atoms with Crippen LogP contribution in [0.4, 0.5) is 0 Å². The summed E-state index contributed by atoms with van der Waals surface area (Å²) in [6.07, 6.45) is 2.85. The van der Waals surface area contributed by atoms with Gasteiger partial charge in [0.1, 0.15) is 0 Å². The van der Waals surface area contributed by atoms with E-state index in [0.29, 0.717) is 11.6 Å². The molecular formula is C15H18ClNO3. The summed E-state index contributed by atoms with van der Waals surface area (Å²) < 4.78 is 4.55. The standard InChI is InChI=1S/C15H18ClNO3/c1-20-13(18)6-9-17-14(19)15(7-3-8-15)11-4-2-5-12(16)10-11/h2,4-5,10H,3,6-9H2,1H3,(H,17,19). The highest BCUT2D eigenvalue weighted by Gasteiger charge is 2.45. The van der Waals surface area contributed by atoms with Crippen LogP contribution in [0.15, 0.2) is 24.3 Å². The largest absolute Gasteiger partial charge is 0.469 e. The molecular weight excluding hydrogens is 278 g/mol. The normalized spacial score (nSPS) is 16.1. The Morgan fingerprint density at radius 2 is 2.15 bits per heavy atom. The van der Waals surface area contributed by atoms with Crippen molar-refractivity contribution in [3.05, 3.63) is 34.9 Å². The molecule has 0 heterocycles. The number of hydrogen-bond donors (Lipinski definition) is 1. The van der Waals surface area contributed by atoms with Crippen LogP contribution >= 0.6 is 11.6 Å². The first-order chi connectivity index (χ1) is 9.58. The summed E-state index contributed by atoms with van der Waals surface area (Å²) in [6, 6.07) is 7.44. The quantitative estimate of drug-likeness (QED) is 0.849. The Labute approximate surface area is 123 Å². The van der Waals surface area contributed by atoms with Gasteiger partial charge in [0.2, 0.25) is 5.91 Å². The molecule has 4 nitrogen and oxygen atoms in total. The Bertz CT molecular complexity index is 512. The molecule has 108 valence electrons. The maximum absolute atomic E-state index is 12.4. The SMILES string of the molecule is COC(=O)CCNC(=O)C1(c2cccc(Cl)c2)CCC1. The molecule has 0 radical (unpaired) electrons. The number of halogens is 1. The Balaban J connectivity index is 2.03. The molecule has 0 bridgehead atoms. The molecule has 1 aromatic carbocycles. The van der Waals surface area contributed by atoms with Gasteiger partial charge in [-0.15, -0.1) is 0 Å². The van der Waals surface area contributed by atoms with Gasteiger partial charge in [0.05, 0.1) is 18.9 Å². The number of carbonyl (C=O) groups is 2. The third-order valence-electron chi connectivity index (χ3n) is 3.86. The van der Waals surface area contributed by atoms with Crippen LogP contribution in [0.25, 0.3) is 0 Å². The number of esters is 1. The fourth-order valence-electron chi connectivity index (χ4n) is 2.51. The lowest BCUT2D eigenvalue weighted by atomic mass is 9.64. The van der Waals surface area contributed by atoms with Crippen molar-refractivity contribution in [2.45, 2.75) is 31.1 Å². The molecule has 1 amide bonds. The van der Waals surface area contributed by atoms with Crippen molar-refractivity contribution in [3.8, 4) is 0 Å². The van der Waals surface area contributed by atoms with Crippen molar-refractivity contribution in [2.75, 3.05) is 13.7 Å². The summed E-state index contributed by atoms with van der Waals surface area (Å²) in [7, 11) is 1.34. The zero-order valence-corrected chi connectivity index (χ0v) is 12.2. The predicted octanol–water partition coefficient (Wildman–Crippen LogP) is 2.44. The first kappa shape index (κ1) is 14.9. The van der Waals surface area contributed by atoms with Gasteiger partial charge in [0.25, 0.3) is 0 Å². The minimum Gasteiger partial charge on any atom is -0.469 e. The topological polar surface area (TPSA) is 55.4 Å². The molecule has 0 saturated heterocycles. The number of hydrogen-bond acceptors (Lipinski definition) is 3. The van der Waals surface area contributed by atoms with Gasteiger partial charge < -0.3 is 10.1 Å². The molecule has 0 aromatic heterocycles. The molecule has 1 aromatic rings. The monoisotopic (exact) mass is 295 g/mol. The molecule has 0 atom stereocenters. The van der Waals surface area contributed by atoms with Crippen LogP contribution in [0.5, 0.6) is 0 Å². The van der Waals surface area contributed by atoms with E-state index in [1.165, 1.54) is 7.11 Å². The molecule has 1 fully saturated rings. The van der Waals surface area contributed by atoms with Crippen LogP contribution in [0.3, 0.4) is 0 Å². The number of benzene rings is 1. The maximum atomic E-state index is 12.4. The van der Waals surface area contributed by atoms with Crippen LogP contribution in [0, 0.1) is 0 Å². The minimum atomic E-state index is -0.485. The number of ether oxygens (including phenoxy) is 1. The van der Waals surface area contributed by atoms with E-state index in [1.54, 1.807) is 6.07 Å². The zero-order valence-electron chi connectivity index (χ0n) is 11.4. The van der Waals surface area contributed by atoms with Crippen LogP contribution in [0.1, 0.15) is 31.2 Å². The lowest BCUT2D eigenvalue weighted by Gasteiger charge is -2.40. The van der Waals surface area contributed by atoms with Gasteiger partial charge >= 0.3 is 5.97 Å². The number of amides is 1. The predicted molar refractivity (Wildman–Crippen MR) is 76.6 cm³/mol. The number of carbonyl (C=O) groups excluding carboxylic acids is 2. The summed E-state index contributed by atoms with van der Waals surface area (Å²) in [6.45, 7) is 0.299. The maximum Gasteiger partial charge on any atom is 0.307 e. The van der Waals surface area contributed by atoms with E-state index in [0.717, 1.165) is 24.8 Å². The molecule has 0 spiro atoms. The van der Waals surface area contributed by atoms with E-state index >= 15 is 0 Å². The highest BCUT2D eigenvalue weighted by Crippen LogP contribution is 2.44. The Morgan fingerprint density at radius 3 is 2.70 bits per heavy atom. The second-order valence-corrected chi connectivity index (χ2v) is 5.46. The van der Waals surface area contributed by atoms with E-state index in [2.05, 4.69) is 10.1 Å². The molecule has 1 aliphatic carbocycles. The summed E-state index contributed by atoms with van der Waals surface area (Å²) >= 11 is 6.01. The Hall–Kier alpha value is -1.55. The summed E-state index contributed by atoms with van der Waals surface area (Å²) in [5, 5.41) is 3.46. The summed E-state index contributed by atoms with van der Waals surface area (Å²) in [4.78, 5) is 23.5. The highest BCUT2D eigenvalue weighted by atomic mass is 35.5. The highest BCUT2D eigenvalue weighted by molar-refractivity contribution is 6.30. The fourth-order valence-corrected chi connectivity index (χ4v) is 2.70. The lowest BCUT2D eigenvalue weighted by Crippen LogP contribution is -2.49. The first-order valence-corrected chi connectivity index (χ1v) is 7.07. The summed E-state index contributed by atoms with van der Waals surface area (Å²) in [5.41, 5.74) is 0.466. The van der Waals surface area contributed by atoms with Gasteiger partial charge in [-0.3, -0.25) is 9.59 Å². The van der Waals surface area contributed by atoms with E-state index in [4.69, 9.17) is 11.6 Å². The molecule has 0 unspecified atom stereocenters. The van der Waals surface area contributed by atoms with Gasteiger partial charge in [-0.25, -0.2) is 0 Å². The molecule has 1 N–H and O–H groups in total. The third-order valence-corrected chi connectivity index (χ3v) is 4.10. The van der Waals surface area contributed by atoms with Crippen LogP contribution in [-0.4, -0.2) is 25.5 Å². The Kier molecular flexibility index (Phi) is 4.65. The molecule has 1 saturated carbocycles. The number of methoxy groups -OCH3 is 1. The zero-order chi connectivity index (χ0) is 14.6. The van der Waals surface area contributed by atoms with Gasteiger partial charge in [0.15, 0.2) is 0 Å². The van der Waals surface area contributed by atoms with Gasteiger partial charge in [0, 0.05) is 11.6 Å². The summed E-state index contributed by atoms with van der Waals surface area (Å²) in [5.74, 6) is -0.356. The average Bonchev–Trinajstić information content (AvgIpc) is 2.37. The second-order valence-electron chi connectivity index (χ2n) is 5.03. The van der Waals surface area contributed by atoms with Crippen molar-refractivity contribution in [3.63, 3.8) is 0 Å². The molecule has 20 heavy (non-hydrogen) atoms. The van der Waals surface area contributed by atoms with E-state index in [1.807, 2.05) is 18.2 Å². The van der Waals surface area contributed by atoms with Crippen LogP contribution in [-0.2, 0) is 19.7 Å². The van der Waals surface area contributed by atoms with E-state index in [-0.39, 0.29) is 18.3 Å². The van der Waals surface area contributed by atoms with Crippen molar-refractivity contribution < 1.29 is 14.3 Å². The molecule has 0 aliphatic heterocycles. The third kappa shape index (κ3) is 2.96. The van der Waals surface area contributed by atoms with Crippen molar-refractivity contribution in [1.29, 1.82) is 0 Å². The average molecular weight is 296 g/mol. The van der Waals surface area contributed by atoms with Gasteiger partial charge in [-0.05, 0) is 30.5 Å². The lowest BCUT2D eigenvalue weighted by molar-refractivity contribution is -0.140.